The van der Waals surface area contributed by atoms with Gasteiger partial charge in [0.05, 0.1) is 0 Å². The van der Waals surface area contributed by atoms with E-state index in [4.69, 9.17) is 16.3 Å². The summed E-state index contributed by atoms with van der Waals surface area (Å²) < 4.78 is 5.38. The molecule has 0 fully saturated rings. The average molecular weight is 359 g/mol. The van der Waals surface area contributed by atoms with Crippen LogP contribution in [0.2, 0.25) is 5.02 Å². The number of carbonyl (C=O) groups is 1. The summed E-state index contributed by atoms with van der Waals surface area (Å²) in [5, 5.41) is 6.99. The normalized spacial score (nSPS) is 13.9. The molecule has 2 aromatic rings. The van der Waals surface area contributed by atoms with Crippen LogP contribution in [0.25, 0.3) is 11.1 Å². The summed E-state index contributed by atoms with van der Waals surface area (Å²) in [7, 11) is 0. The van der Waals surface area contributed by atoms with Crippen molar-refractivity contribution in [2.75, 3.05) is 11.9 Å². The minimum Gasteiger partial charge on any atom is -0.444 e. The Morgan fingerprint density at radius 1 is 1.12 bits per heavy atom. The first-order valence-corrected chi connectivity index (χ1v) is 8.83. The van der Waals surface area contributed by atoms with Gasteiger partial charge in [-0.25, -0.2) is 4.79 Å². The zero-order valence-corrected chi connectivity index (χ0v) is 15.5. The first-order valence-electron chi connectivity index (χ1n) is 8.45. The van der Waals surface area contributed by atoms with Crippen molar-refractivity contribution in [2.45, 2.75) is 39.3 Å². The first kappa shape index (κ1) is 17.8. The molecule has 0 unspecified atom stereocenters. The second kappa shape index (κ2) is 7.06. The summed E-state index contributed by atoms with van der Waals surface area (Å²) in [4.78, 5) is 12.1. The Morgan fingerprint density at radius 3 is 2.60 bits per heavy atom. The Labute approximate surface area is 153 Å². The van der Waals surface area contributed by atoms with Gasteiger partial charge in [0.2, 0.25) is 0 Å². The van der Waals surface area contributed by atoms with Crippen LogP contribution < -0.4 is 10.6 Å². The lowest BCUT2D eigenvalue weighted by atomic mass is 9.90. The Balaban J connectivity index is 1.98. The van der Waals surface area contributed by atoms with Gasteiger partial charge in [-0.3, -0.25) is 5.32 Å². The molecule has 3 rings (SSSR count). The van der Waals surface area contributed by atoms with Gasteiger partial charge in [-0.2, -0.15) is 0 Å². The van der Waals surface area contributed by atoms with Gasteiger partial charge in [0, 0.05) is 22.8 Å². The van der Waals surface area contributed by atoms with Crippen molar-refractivity contribution in [3.63, 3.8) is 0 Å². The number of amides is 1. The Morgan fingerprint density at radius 2 is 1.88 bits per heavy atom. The van der Waals surface area contributed by atoms with E-state index in [1.54, 1.807) is 0 Å². The molecule has 1 aliphatic rings. The minimum atomic E-state index is -0.528. The van der Waals surface area contributed by atoms with Crippen LogP contribution in [0.15, 0.2) is 36.4 Å². The summed E-state index contributed by atoms with van der Waals surface area (Å²) in [6.07, 6.45) is 0.450. The van der Waals surface area contributed by atoms with E-state index in [9.17, 15) is 4.79 Å². The van der Waals surface area contributed by atoms with E-state index in [1.165, 1.54) is 5.56 Å². The molecule has 0 saturated carbocycles. The predicted octanol–water partition coefficient (Wildman–Crippen LogP) is 5.00. The van der Waals surface area contributed by atoms with Gasteiger partial charge < -0.3 is 10.1 Å². The lowest BCUT2D eigenvalue weighted by molar-refractivity contribution is 0.0635. The molecule has 1 heterocycles. The van der Waals surface area contributed by atoms with Crippen LogP contribution in [0.4, 0.5) is 10.5 Å². The van der Waals surface area contributed by atoms with Crippen LogP contribution in [-0.4, -0.2) is 18.2 Å². The van der Waals surface area contributed by atoms with Crippen molar-refractivity contribution >= 4 is 23.4 Å². The van der Waals surface area contributed by atoms with E-state index in [1.807, 2.05) is 57.2 Å². The monoisotopic (exact) mass is 358 g/mol. The molecule has 0 bridgehead atoms. The van der Waals surface area contributed by atoms with Crippen molar-refractivity contribution in [1.82, 2.24) is 5.32 Å². The van der Waals surface area contributed by atoms with Crippen LogP contribution in [0, 0.1) is 0 Å². The number of ether oxygens (including phenoxy) is 1. The number of hydrogen-bond donors (Lipinski definition) is 2. The highest BCUT2D eigenvalue weighted by Gasteiger charge is 2.22. The molecular weight excluding hydrogens is 336 g/mol. The smallest absolute Gasteiger partial charge is 0.412 e. The number of rotatable bonds is 2. The van der Waals surface area contributed by atoms with Crippen LogP contribution in [-0.2, 0) is 17.7 Å². The molecule has 0 radical (unpaired) electrons. The summed E-state index contributed by atoms with van der Waals surface area (Å²) in [6, 6.07) is 11.8. The Kier molecular flexibility index (Phi) is 5.02. The number of fused-ring (bicyclic) bond motifs is 1. The molecule has 0 aromatic heterocycles. The SMILES string of the molecule is CC(C)(C)OC(=O)Nc1ccc(-c2ccccc2Cl)c2c1CNCC2. The van der Waals surface area contributed by atoms with Crippen LogP contribution in [0.3, 0.4) is 0 Å². The van der Waals surface area contributed by atoms with Gasteiger partial charge in [-0.1, -0.05) is 35.9 Å². The van der Waals surface area contributed by atoms with Gasteiger partial charge in [0.25, 0.3) is 0 Å². The minimum absolute atomic E-state index is 0.439. The van der Waals surface area contributed by atoms with Gasteiger partial charge in [-0.05, 0) is 62.6 Å². The number of anilines is 1. The predicted molar refractivity (Wildman–Crippen MR) is 102 cm³/mol. The number of carbonyl (C=O) groups excluding carboxylic acids is 1. The third-order valence-electron chi connectivity index (χ3n) is 4.08. The number of halogens is 1. The highest BCUT2D eigenvalue weighted by atomic mass is 35.5. The van der Waals surface area contributed by atoms with Crippen LogP contribution in [0.1, 0.15) is 31.9 Å². The zero-order chi connectivity index (χ0) is 18.0. The fraction of sp³-hybridized carbons (Fsp3) is 0.350. The Hall–Kier alpha value is -2.04. The molecule has 2 N–H and O–H groups in total. The molecule has 132 valence electrons. The standard InChI is InChI=1S/C20H23ClN2O2/c1-20(2,3)25-19(24)23-18-9-8-13(14-10-11-22-12-16(14)18)15-6-4-5-7-17(15)21/h4-9,22H,10-12H2,1-3H3,(H,23,24). The summed E-state index contributed by atoms with van der Waals surface area (Å²) >= 11 is 6.39. The molecule has 4 nitrogen and oxygen atoms in total. The van der Waals surface area contributed by atoms with Crippen molar-refractivity contribution in [1.29, 1.82) is 0 Å². The third kappa shape index (κ3) is 4.14. The molecule has 2 aromatic carbocycles. The van der Waals surface area contributed by atoms with Gasteiger partial charge in [0.15, 0.2) is 0 Å². The molecule has 1 aliphatic heterocycles. The van der Waals surface area contributed by atoms with Gasteiger partial charge in [-0.15, -0.1) is 0 Å². The molecule has 25 heavy (non-hydrogen) atoms. The maximum absolute atomic E-state index is 12.1. The molecule has 0 saturated heterocycles. The highest BCUT2D eigenvalue weighted by molar-refractivity contribution is 6.33. The maximum Gasteiger partial charge on any atom is 0.412 e. The van der Waals surface area contributed by atoms with E-state index >= 15 is 0 Å². The average Bonchev–Trinajstić information content (AvgIpc) is 2.54. The second-order valence-corrected chi connectivity index (χ2v) is 7.56. The molecule has 0 spiro atoms. The largest absolute Gasteiger partial charge is 0.444 e. The van der Waals surface area contributed by atoms with Crippen molar-refractivity contribution in [3.05, 3.63) is 52.5 Å². The van der Waals surface area contributed by atoms with Gasteiger partial charge >= 0.3 is 6.09 Å². The molecular formula is C20H23ClN2O2. The van der Waals surface area contributed by atoms with E-state index in [0.717, 1.165) is 40.4 Å². The van der Waals surface area contributed by atoms with E-state index in [0.29, 0.717) is 6.54 Å². The summed E-state index contributed by atoms with van der Waals surface area (Å²) in [6.45, 7) is 7.16. The summed E-state index contributed by atoms with van der Waals surface area (Å²) in [5.74, 6) is 0. The number of hydrogen-bond acceptors (Lipinski definition) is 3. The topological polar surface area (TPSA) is 50.4 Å². The maximum atomic E-state index is 12.1. The number of benzene rings is 2. The fourth-order valence-corrected chi connectivity index (χ4v) is 3.31. The fourth-order valence-electron chi connectivity index (χ4n) is 3.07. The molecule has 0 atom stereocenters. The molecule has 1 amide bonds. The molecule has 5 heteroatoms. The van der Waals surface area contributed by atoms with Crippen LogP contribution in [0.5, 0.6) is 0 Å². The summed E-state index contributed by atoms with van der Waals surface area (Å²) in [5.41, 5.74) is 4.71. The third-order valence-corrected chi connectivity index (χ3v) is 4.41. The zero-order valence-electron chi connectivity index (χ0n) is 14.8. The van der Waals surface area contributed by atoms with Gasteiger partial charge in [0.1, 0.15) is 5.60 Å². The van der Waals surface area contributed by atoms with Crippen molar-refractivity contribution in [2.24, 2.45) is 0 Å². The van der Waals surface area contributed by atoms with Crippen LogP contribution >= 0.6 is 11.6 Å². The highest BCUT2D eigenvalue weighted by Crippen LogP contribution is 2.36. The second-order valence-electron chi connectivity index (χ2n) is 7.15. The van der Waals surface area contributed by atoms with Crippen molar-refractivity contribution < 1.29 is 9.53 Å². The Bertz CT molecular complexity index is 797. The molecule has 0 aliphatic carbocycles. The number of nitrogens with one attached hydrogen (secondary N) is 2. The van der Waals surface area contributed by atoms with E-state index in [2.05, 4.69) is 10.6 Å². The quantitative estimate of drug-likeness (QED) is 0.794. The first-order chi connectivity index (χ1) is 11.8. The lowest BCUT2D eigenvalue weighted by Crippen LogP contribution is -2.29. The lowest BCUT2D eigenvalue weighted by Gasteiger charge is -2.25. The van der Waals surface area contributed by atoms with E-state index in [-0.39, 0.29) is 0 Å². The van der Waals surface area contributed by atoms with Crippen molar-refractivity contribution in [3.8, 4) is 11.1 Å². The van der Waals surface area contributed by atoms with E-state index < -0.39 is 11.7 Å².